The van der Waals surface area contributed by atoms with Crippen molar-refractivity contribution in [1.82, 2.24) is 15.5 Å². The van der Waals surface area contributed by atoms with Gasteiger partial charge in [-0.05, 0) is 13.5 Å². The zero-order chi connectivity index (χ0) is 14.5. The number of nitrogens with zero attached hydrogens (tertiary/aromatic N) is 3. The Kier molecular flexibility index (Phi) is 5.55. The number of anilines is 1. The summed E-state index contributed by atoms with van der Waals surface area (Å²) in [6.45, 7) is 2.41. The summed E-state index contributed by atoms with van der Waals surface area (Å²) in [7, 11) is 0. The lowest BCUT2D eigenvalue weighted by Gasteiger charge is -2.20. The fourth-order valence-corrected chi connectivity index (χ4v) is 1.50. The van der Waals surface area contributed by atoms with Gasteiger partial charge in [0.1, 0.15) is 6.54 Å². The van der Waals surface area contributed by atoms with Crippen LogP contribution in [-0.4, -0.2) is 47.7 Å². The third-order valence-electron chi connectivity index (χ3n) is 2.32. The van der Waals surface area contributed by atoms with Crippen molar-refractivity contribution in [3.8, 4) is 0 Å². The maximum atomic E-state index is 12.4. The van der Waals surface area contributed by atoms with E-state index in [2.05, 4.69) is 15.5 Å². The molecule has 1 rings (SSSR count). The van der Waals surface area contributed by atoms with Crippen molar-refractivity contribution >= 4 is 6.01 Å². The average molecular weight is 282 g/mol. The van der Waals surface area contributed by atoms with Gasteiger partial charge in [0.15, 0.2) is 0 Å². The third kappa shape index (κ3) is 5.03. The van der Waals surface area contributed by atoms with Gasteiger partial charge in [-0.25, -0.2) is 0 Å². The van der Waals surface area contributed by atoms with Crippen LogP contribution in [0.2, 0.25) is 0 Å². The first-order valence-electron chi connectivity index (χ1n) is 5.86. The molecule has 0 amide bonds. The van der Waals surface area contributed by atoms with E-state index < -0.39 is 19.3 Å². The Morgan fingerprint density at radius 3 is 2.63 bits per heavy atom. The molecule has 0 aliphatic heterocycles. The van der Waals surface area contributed by atoms with E-state index in [0.717, 1.165) is 4.90 Å². The van der Waals surface area contributed by atoms with Gasteiger partial charge in [-0.1, -0.05) is 12.0 Å². The number of alkyl halides is 3. The van der Waals surface area contributed by atoms with Gasteiger partial charge >= 0.3 is 12.2 Å². The molecule has 1 unspecified atom stereocenters. The molecule has 1 aromatic heterocycles. The summed E-state index contributed by atoms with van der Waals surface area (Å²) < 4.78 is 42.3. The number of aromatic nitrogens is 2. The lowest BCUT2D eigenvalue weighted by atomic mass is 10.3. The first-order chi connectivity index (χ1) is 8.87. The van der Waals surface area contributed by atoms with E-state index in [9.17, 15) is 13.2 Å². The second-order valence-electron chi connectivity index (χ2n) is 3.96. The second-order valence-corrected chi connectivity index (χ2v) is 3.96. The van der Waals surface area contributed by atoms with Crippen LogP contribution >= 0.6 is 0 Å². The molecule has 0 fully saturated rings. The van der Waals surface area contributed by atoms with E-state index in [1.807, 2.05) is 6.92 Å². The van der Waals surface area contributed by atoms with Crippen molar-refractivity contribution in [2.24, 2.45) is 0 Å². The Morgan fingerprint density at radius 2 is 2.11 bits per heavy atom. The van der Waals surface area contributed by atoms with Crippen molar-refractivity contribution in [1.29, 1.82) is 0 Å². The summed E-state index contributed by atoms with van der Waals surface area (Å²) in [4.78, 5) is 0.801. The zero-order valence-electron chi connectivity index (χ0n) is 10.7. The minimum Gasteiger partial charge on any atom is -0.406 e. The van der Waals surface area contributed by atoms with Crippen molar-refractivity contribution in [3.05, 3.63) is 5.89 Å². The van der Waals surface area contributed by atoms with E-state index in [4.69, 9.17) is 9.52 Å². The molecule has 0 saturated heterocycles. The van der Waals surface area contributed by atoms with Crippen LogP contribution in [-0.2, 0) is 0 Å². The molecule has 9 heteroatoms. The third-order valence-corrected chi connectivity index (χ3v) is 2.32. The summed E-state index contributed by atoms with van der Waals surface area (Å²) in [6, 6.07) is -0.487. The first kappa shape index (κ1) is 15.7. The molecule has 1 atom stereocenters. The molecule has 0 radical (unpaired) electrons. The Bertz CT molecular complexity index is 383. The molecule has 19 heavy (non-hydrogen) atoms. The van der Waals surface area contributed by atoms with Crippen LogP contribution in [0.3, 0.4) is 0 Å². The van der Waals surface area contributed by atoms with Gasteiger partial charge in [-0.2, -0.15) is 13.2 Å². The van der Waals surface area contributed by atoms with E-state index >= 15 is 0 Å². The largest absolute Gasteiger partial charge is 0.406 e. The molecule has 0 aromatic carbocycles. The summed E-state index contributed by atoms with van der Waals surface area (Å²) in [5.41, 5.74) is 0. The van der Waals surface area contributed by atoms with Gasteiger partial charge in [0.25, 0.3) is 0 Å². The number of aliphatic hydroxyl groups excluding tert-OH is 1. The van der Waals surface area contributed by atoms with E-state index in [-0.39, 0.29) is 24.5 Å². The summed E-state index contributed by atoms with van der Waals surface area (Å²) in [5, 5.41) is 19.1. The van der Waals surface area contributed by atoms with Crippen LogP contribution in [0.4, 0.5) is 19.2 Å². The smallest absolute Gasteiger partial charge is 0.406 e. The quantitative estimate of drug-likeness (QED) is 0.780. The fraction of sp³-hybridized carbons (Fsp3) is 0.800. The molecule has 2 N–H and O–H groups in total. The van der Waals surface area contributed by atoms with Crippen LogP contribution in [0.1, 0.15) is 25.8 Å². The van der Waals surface area contributed by atoms with Gasteiger partial charge in [0.05, 0.1) is 12.6 Å². The number of aliphatic hydroxyl groups is 1. The van der Waals surface area contributed by atoms with Gasteiger partial charge in [-0.3, -0.25) is 0 Å². The fourth-order valence-electron chi connectivity index (χ4n) is 1.50. The van der Waals surface area contributed by atoms with Crippen LogP contribution in [0.15, 0.2) is 4.42 Å². The number of nitrogens with one attached hydrogen (secondary N) is 1. The Balaban J connectivity index is 2.80. The first-order valence-corrected chi connectivity index (χ1v) is 5.86. The number of hydrogen-bond donors (Lipinski definition) is 2. The van der Waals surface area contributed by atoms with Crippen LogP contribution in [0.25, 0.3) is 0 Å². The highest BCUT2D eigenvalue weighted by molar-refractivity contribution is 5.24. The minimum atomic E-state index is -4.41. The normalized spacial score (nSPS) is 13.6. The topological polar surface area (TPSA) is 74.4 Å². The van der Waals surface area contributed by atoms with Gasteiger partial charge in [0.2, 0.25) is 5.89 Å². The molecule has 1 aromatic rings. The molecule has 0 bridgehead atoms. The molecule has 110 valence electrons. The SMILES string of the molecule is CCNC(C)c1nnc(N(CCO)CC(F)(F)F)o1. The second kappa shape index (κ2) is 6.71. The molecule has 0 saturated carbocycles. The number of rotatable bonds is 7. The van der Waals surface area contributed by atoms with E-state index in [1.54, 1.807) is 6.92 Å². The Labute approximate surface area is 108 Å². The lowest BCUT2D eigenvalue weighted by molar-refractivity contribution is -0.120. The number of halogens is 3. The summed E-state index contributed by atoms with van der Waals surface area (Å²) in [5.74, 6) is 0.210. The standard InChI is InChI=1S/C10H17F3N4O2/c1-3-14-7(2)8-15-16-9(19-8)17(4-5-18)6-10(11,12)13/h7,14,18H,3-6H2,1-2H3. The van der Waals surface area contributed by atoms with Gasteiger partial charge in [-0.15, -0.1) is 5.10 Å². The van der Waals surface area contributed by atoms with Crippen molar-refractivity contribution in [2.45, 2.75) is 26.1 Å². The summed E-state index contributed by atoms with van der Waals surface area (Å²) in [6.07, 6.45) is -4.41. The monoisotopic (exact) mass is 282 g/mol. The van der Waals surface area contributed by atoms with Crippen LogP contribution < -0.4 is 10.2 Å². The number of hydrogen-bond acceptors (Lipinski definition) is 6. The van der Waals surface area contributed by atoms with Crippen molar-refractivity contribution in [3.63, 3.8) is 0 Å². The van der Waals surface area contributed by atoms with Crippen molar-refractivity contribution < 1.29 is 22.7 Å². The van der Waals surface area contributed by atoms with Crippen LogP contribution in [0, 0.1) is 0 Å². The Morgan fingerprint density at radius 1 is 1.42 bits per heavy atom. The Hall–Kier alpha value is -1.35. The van der Waals surface area contributed by atoms with Gasteiger partial charge in [0, 0.05) is 6.54 Å². The predicted octanol–water partition coefficient (Wildman–Crippen LogP) is 1.10. The zero-order valence-corrected chi connectivity index (χ0v) is 10.7. The molecule has 0 spiro atoms. The van der Waals surface area contributed by atoms with Crippen molar-refractivity contribution in [2.75, 3.05) is 31.1 Å². The molecule has 6 nitrogen and oxygen atoms in total. The molecular weight excluding hydrogens is 265 g/mol. The highest BCUT2D eigenvalue weighted by Crippen LogP contribution is 2.22. The lowest BCUT2D eigenvalue weighted by Crippen LogP contribution is -2.36. The molecular formula is C10H17F3N4O2. The van der Waals surface area contributed by atoms with E-state index in [0.29, 0.717) is 6.54 Å². The summed E-state index contributed by atoms with van der Waals surface area (Å²) >= 11 is 0. The van der Waals surface area contributed by atoms with E-state index in [1.165, 1.54) is 0 Å². The molecule has 0 aliphatic carbocycles. The maximum Gasteiger partial charge on any atom is 0.406 e. The van der Waals surface area contributed by atoms with Gasteiger partial charge < -0.3 is 19.7 Å². The highest BCUT2D eigenvalue weighted by atomic mass is 19.4. The molecule has 0 aliphatic rings. The minimum absolute atomic E-state index is 0.210. The maximum absolute atomic E-state index is 12.4. The average Bonchev–Trinajstić information content (AvgIpc) is 2.76. The highest BCUT2D eigenvalue weighted by Gasteiger charge is 2.33. The molecule has 1 heterocycles. The van der Waals surface area contributed by atoms with Crippen LogP contribution in [0.5, 0.6) is 0 Å². The predicted molar refractivity (Wildman–Crippen MR) is 61.7 cm³/mol.